The molecule has 2 aromatic carbocycles. The van der Waals surface area contributed by atoms with Crippen molar-refractivity contribution in [2.75, 3.05) is 14.2 Å². The number of methoxy groups -OCH3 is 2. The van der Waals surface area contributed by atoms with Crippen LogP contribution in [0.4, 0.5) is 0 Å². The molecule has 1 aliphatic rings. The number of benzene rings is 2. The molecule has 24 heavy (non-hydrogen) atoms. The summed E-state index contributed by atoms with van der Waals surface area (Å²) in [6.07, 6.45) is 0.744. The van der Waals surface area contributed by atoms with Crippen LogP contribution < -0.4 is 9.47 Å². The number of Topliss-reactive ketones (excluding diaryl/α,β-unsaturated/α-hetero) is 1. The molecule has 0 saturated heterocycles. The van der Waals surface area contributed by atoms with Crippen molar-refractivity contribution >= 4 is 11.5 Å². The fourth-order valence-electron chi connectivity index (χ4n) is 3.06. The Hall–Kier alpha value is -2.62. The molecule has 4 nitrogen and oxygen atoms in total. The van der Waals surface area contributed by atoms with Crippen molar-refractivity contribution < 1.29 is 14.3 Å². The minimum Gasteiger partial charge on any atom is -0.493 e. The zero-order chi connectivity index (χ0) is 17.3. The first-order chi connectivity index (χ1) is 11.4. The number of aliphatic imine (C=N–C) groups is 1. The van der Waals surface area contributed by atoms with Crippen molar-refractivity contribution in [3.05, 3.63) is 59.2 Å². The van der Waals surface area contributed by atoms with E-state index >= 15 is 0 Å². The zero-order valence-electron chi connectivity index (χ0n) is 14.4. The van der Waals surface area contributed by atoms with Crippen molar-refractivity contribution in [1.29, 1.82) is 0 Å². The second-order valence-electron chi connectivity index (χ2n) is 6.51. The molecule has 124 valence electrons. The summed E-state index contributed by atoms with van der Waals surface area (Å²) in [4.78, 5) is 17.7. The van der Waals surface area contributed by atoms with Crippen molar-refractivity contribution in [2.45, 2.75) is 25.8 Å². The fraction of sp³-hybridized carbons (Fsp3) is 0.300. The van der Waals surface area contributed by atoms with Gasteiger partial charge in [0.1, 0.15) is 5.71 Å². The van der Waals surface area contributed by atoms with Gasteiger partial charge in [-0.25, -0.2) is 0 Å². The zero-order valence-corrected chi connectivity index (χ0v) is 14.4. The molecular formula is C20H21NO3. The Bertz CT molecular complexity index is 807. The number of carbonyl (C=O) groups is 1. The van der Waals surface area contributed by atoms with E-state index in [1.165, 1.54) is 0 Å². The third-order valence-corrected chi connectivity index (χ3v) is 4.15. The normalized spacial score (nSPS) is 15.2. The van der Waals surface area contributed by atoms with Crippen LogP contribution in [0.5, 0.6) is 11.5 Å². The lowest BCUT2D eigenvalue weighted by molar-refractivity contribution is 0.106. The van der Waals surface area contributed by atoms with Crippen LogP contribution in [0.25, 0.3) is 0 Å². The molecular weight excluding hydrogens is 302 g/mol. The third-order valence-electron chi connectivity index (χ3n) is 4.15. The van der Waals surface area contributed by atoms with Gasteiger partial charge in [-0.15, -0.1) is 0 Å². The minimum atomic E-state index is -0.341. The third kappa shape index (κ3) is 2.92. The average molecular weight is 323 g/mol. The molecule has 0 atom stereocenters. The smallest absolute Gasteiger partial charge is 0.211 e. The maximum Gasteiger partial charge on any atom is 0.211 e. The van der Waals surface area contributed by atoms with E-state index in [9.17, 15) is 4.79 Å². The molecule has 2 aromatic rings. The van der Waals surface area contributed by atoms with E-state index in [1.54, 1.807) is 14.2 Å². The summed E-state index contributed by atoms with van der Waals surface area (Å²) in [5.74, 6) is 1.20. The Morgan fingerprint density at radius 3 is 2.29 bits per heavy atom. The highest BCUT2D eigenvalue weighted by Crippen LogP contribution is 2.36. The predicted octanol–water partition coefficient (Wildman–Crippen LogP) is 3.71. The molecule has 0 spiro atoms. The minimum absolute atomic E-state index is 0.0724. The summed E-state index contributed by atoms with van der Waals surface area (Å²) in [7, 11) is 3.20. The quantitative estimate of drug-likeness (QED) is 0.806. The monoisotopic (exact) mass is 323 g/mol. The van der Waals surface area contributed by atoms with Crippen molar-refractivity contribution in [1.82, 2.24) is 0 Å². The van der Waals surface area contributed by atoms with Gasteiger partial charge in [0.2, 0.25) is 5.78 Å². The molecule has 0 bridgehead atoms. The average Bonchev–Trinajstić information content (AvgIpc) is 2.59. The molecule has 0 unspecified atom stereocenters. The number of hydrogen-bond donors (Lipinski definition) is 0. The highest BCUT2D eigenvalue weighted by Gasteiger charge is 2.31. The molecule has 4 heteroatoms. The molecule has 1 heterocycles. The first kappa shape index (κ1) is 16.2. The molecule has 0 radical (unpaired) electrons. The summed E-state index contributed by atoms with van der Waals surface area (Å²) >= 11 is 0. The van der Waals surface area contributed by atoms with E-state index in [-0.39, 0.29) is 11.3 Å². The van der Waals surface area contributed by atoms with E-state index in [4.69, 9.17) is 14.5 Å². The van der Waals surface area contributed by atoms with Crippen LogP contribution in [0.2, 0.25) is 0 Å². The van der Waals surface area contributed by atoms with Crippen LogP contribution in [-0.2, 0) is 6.42 Å². The number of carbonyl (C=O) groups excluding carboxylic acids is 1. The Kier molecular flexibility index (Phi) is 4.14. The molecule has 1 aliphatic heterocycles. The van der Waals surface area contributed by atoms with Gasteiger partial charge < -0.3 is 9.47 Å². The number of ketones is 1. The van der Waals surface area contributed by atoms with E-state index in [0.29, 0.717) is 22.8 Å². The summed E-state index contributed by atoms with van der Waals surface area (Å²) in [6.45, 7) is 4.07. The lowest BCUT2D eigenvalue weighted by Crippen LogP contribution is -2.32. The van der Waals surface area contributed by atoms with Crippen LogP contribution in [0.3, 0.4) is 0 Å². The van der Waals surface area contributed by atoms with E-state index in [1.807, 2.05) is 56.3 Å². The second kappa shape index (κ2) is 6.11. The number of nitrogens with zero attached hydrogens (tertiary/aromatic N) is 1. The molecule has 0 saturated carbocycles. The van der Waals surface area contributed by atoms with E-state index in [0.717, 1.165) is 17.5 Å². The van der Waals surface area contributed by atoms with Gasteiger partial charge in [-0.2, -0.15) is 0 Å². The Morgan fingerprint density at radius 2 is 1.67 bits per heavy atom. The van der Waals surface area contributed by atoms with Crippen LogP contribution in [-0.4, -0.2) is 31.3 Å². The highest BCUT2D eigenvalue weighted by molar-refractivity contribution is 6.52. The summed E-state index contributed by atoms with van der Waals surface area (Å²) < 4.78 is 10.8. The maximum atomic E-state index is 13.0. The van der Waals surface area contributed by atoms with Crippen molar-refractivity contribution in [3.63, 3.8) is 0 Å². The maximum absolute atomic E-state index is 13.0. The van der Waals surface area contributed by atoms with Gasteiger partial charge in [0.15, 0.2) is 11.5 Å². The summed E-state index contributed by atoms with van der Waals surface area (Å²) in [5, 5.41) is 0. The number of fused-ring (bicyclic) bond motifs is 1. The summed E-state index contributed by atoms with van der Waals surface area (Å²) in [5.41, 5.74) is 2.64. The lowest BCUT2D eigenvalue weighted by Gasteiger charge is -2.29. The first-order valence-electron chi connectivity index (χ1n) is 7.90. The molecule has 0 N–H and O–H groups in total. The van der Waals surface area contributed by atoms with Crippen molar-refractivity contribution in [2.24, 2.45) is 4.99 Å². The molecule has 0 amide bonds. The molecule has 0 aromatic heterocycles. The van der Waals surface area contributed by atoms with Gasteiger partial charge in [-0.3, -0.25) is 9.79 Å². The molecule has 3 rings (SSSR count). The molecule has 0 aliphatic carbocycles. The number of hydrogen-bond acceptors (Lipinski definition) is 4. The highest BCUT2D eigenvalue weighted by atomic mass is 16.5. The van der Waals surface area contributed by atoms with Crippen LogP contribution >= 0.6 is 0 Å². The first-order valence-corrected chi connectivity index (χ1v) is 7.90. The lowest BCUT2D eigenvalue weighted by atomic mass is 9.84. The van der Waals surface area contributed by atoms with Gasteiger partial charge >= 0.3 is 0 Å². The Morgan fingerprint density at radius 1 is 1.04 bits per heavy atom. The Balaban J connectivity index is 2.16. The van der Waals surface area contributed by atoms with Crippen molar-refractivity contribution in [3.8, 4) is 11.5 Å². The number of ether oxygens (including phenoxy) is 2. The fourth-order valence-corrected chi connectivity index (χ4v) is 3.06. The molecule has 0 fully saturated rings. The van der Waals surface area contributed by atoms with Crippen LogP contribution in [0.1, 0.15) is 35.3 Å². The SMILES string of the molecule is COc1cc2c(cc1OC)C(C(=O)c1ccccc1)=NC(C)(C)C2. The van der Waals surface area contributed by atoms with Gasteiger partial charge in [0.05, 0.1) is 19.8 Å². The van der Waals surface area contributed by atoms with Crippen LogP contribution in [0, 0.1) is 0 Å². The van der Waals surface area contributed by atoms with Gasteiger partial charge in [0, 0.05) is 11.1 Å². The van der Waals surface area contributed by atoms with E-state index in [2.05, 4.69) is 0 Å². The topological polar surface area (TPSA) is 47.9 Å². The predicted molar refractivity (Wildman–Crippen MR) is 94.6 cm³/mol. The second-order valence-corrected chi connectivity index (χ2v) is 6.51. The standard InChI is InChI=1S/C20H21NO3/c1-20(2)12-14-10-16(23-3)17(24-4)11-15(14)18(21-20)19(22)13-8-6-5-7-9-13/h5-11H,12H2,1-4H3. The van der Waals surface area contributed by atoms with Crippen LogP contribution in [0.15, 0.2) is 47.5 Å². The summed E-state index contributed by atoms with van der Waals surface area (Å²) in [6, 6.07) is 13.0. The largest absolute Gasteiger partial charge is 0.493 e. The number of rotatable bonds is 4. The van der Waals surface area contributed by atoms with E-state index < -0.39 is 0 Å². The van der Waals surface area contributed by atoms with Gasteiger partial charge in [-0.1, -0.05) is 30.3 Å². The Labute approximate surface area is 142 Å². The van der Waals surface area contributed by atoms with Gasteiger partial charge in [0.25, 0.3) is 0 Å². The van der Waals surface area contributed by atoms with Gasteiger partial charge in [-0.05, 0) is 38.0 Å².